The Kier molecular flexibility index (Phi) is 6.19. The molecule has 0 fully saturated rings. The van der Waals surface area contributed by atoms with E-state index < -0.39 is 0 Å². The normalized spacial score (nSPS) is 13.5. The number of amides is 1. The molecule has 6 heteroatoms. The highest BCUT2D eigenvalue weighted by Crippen LogP contribution is 2.32. The van der Waals surface area contributed by atoms with Crippen LogP contribution in [0.15, 0.2) is 42.5 Å². The Hall–Kier alpha value is -2.73. The molecule has 2 aromatic rings. The standard InChI is InChI=1S/C21H26N2O4/c1-23(2)18(16-5-4-6-17(12-16)25-3)13-22-21(24)10-8-15-7-9-19-20(11-15)27-14-26-19/h4-7,9,11-12,18H,8,10,13-14H2,1-3H3,(H,22,24)/t18-/m1/s1. The fraction of sp³-hybridized carbons (Fsp3) is 0.381. The average Bonchev–Trinajstić information content (AvgIpc) is 3.14. The maximum absolute atomic E-state index is 12.3. The predicted octanol–water partition coefficient (Wildman–Crippen LogP) is 2.78. The summed E-state index contributed by atoms with van der Waals surface area (Å²) in [5, 5.41) is 3.05. The second-order valence-corrected chi connectivity index (χ2v) is 6.75. The van der Waals surface area contributed by atoms with Crippen molar-refractivity contribution in [2.75, 3.05) is 34.5 Å². The van der Waals surface area contributed by atoms with E-state index in [0.717, 1.165) is 28.4 Å². The highest BCUT2D eigenvalue weighted by molar-refractivity contribution is 5.76. The summed E-state index contributed by atoms with van der Waals surface area (Å²) in [6.45, 7) is 0.801. The largest absolute Gasteiger partial charge is 0.497 e. The van der Waals surface area contributed by atoms with Crippen LogP contribution in [-0.4, -0.2) is 45.3 Å². The molecule has 0 spiro atoms. The fourth-order valence-electron chi connectivity index (χ4n) is 3.10. The summed E-state index contributed by atoms with van der Waals surface area (Å²) in [6, 6.07) is 13.8. The Labute approximate surface area is 160 Å². The third kappa shape index (κ3) is 4.92. The number of ether oxygens (including phenoxy) is 3. The van der Waals surface area contributed by atoms with Crippen LogP contribution in [0.25, 0.3) is 0 Å². The van der Waals surface area contributed by atoms with Gasteiger partial charge in [-0.15, -0.1) is 0 Å². The molecule has 1 heterocycles. The van der Waals surface area contributed by atoms with Crippen LogP contribution in [0.2, 0.25) is 0 Å². The first-order valence-electron chi connectivity index (χ1n) is 9.02. The van der Waals surface area contributed by atoms with E-state index in [-0.39, 0.29) is 18.7 Å². The van der Waals surface area contributed by atoms with Crippen molar-refractivity contribution in [3.8, 4) is 17.2 Å². The van der Waals surface area contributed by atoms with Gasteiger partial charge in [0, 0.05) is 13.0 Å². The number of hydrogen-bond acceptors (Lipinski definition) is 5. The molecule has 0 saturated heterocycles. The number of likely N-dealkylation sites (N-methyl/N-ethyl adjacent to an activating group) is 1. The number of nitrogens with one attached hydrogen (secondary N) is 1. The van der Waals surface area contributed by atoms with Gasteiger partial charge in [0.2, 0.25) is 12.7 Å². The van der Waals surface area contributed by atoms with Crippen LogP contribution < -0.4 is 19.5 Å². The van der Waals surface area contributed by atoms with E-state index in [0.29, 0.717) is 19.4 Å². The summed E-state index contributed by atoms with van der Waals surface area (Å²) < 4.78 is 16.0. The first-order valence-corrected chi connectivity index (χ1v) is 9.02. The third-order valence-electron chi connectivity index (χ3n) is 4.67. The van der Waals surface area contributed by atoms with Crippen molar-refractivity contribution in [1.82, 2.24) is 10.2 Å². The summed E-state index contributed by atoms with van der Waals surface area (Å²) in [5.41, 5.74) is 2.17. The summed E-state index contributed by atoms with van der Waals surface area (Å²) in [6.07, 6.45) is 1.09. The van der Waals surface area contributed by atoms with Crippen molar-refractivity contribution in [2.45, 2.75) is 18.9 Å². The van der Waals surface area contributed by atoms with E-state index in [1.807, 2.05) is 56.6 Å². The Morgan fingerprint density at radius 3 is 2.78 bits per heavy atom. The molecule has 0 radical (unpaired) electrons. The minimum atomic E-state index is 0.0300. The maximum Gasteiger partial charge on any atom is 0.231 e. The van der Waals surface area contributed by atoms with E-state index in [9.17, 15) is 4.79 Å². The van der Waals surface area contributed by atoms with Crippen molar-refractivity contribution in [1.29, 1.82) is 0 Å². The number of aryl methyl sites for hydroxylation is 1. The summed E-state index contributed by atoms with van der Waals surface area (Å²) in [7, 11) is 5.66. The molecule has 1 aliphatic rings. The van der Waals surface area contributed by atoms with Gasteiger partial charge in [-0.2, -0.15) is 0 Å². The average molecular weight is 370 g/mol. The molecule has 0 saturated carbocycles. The SMILES string of the molecule is COc1cccc([C@@H](CNC(=O)CCc2ccc3c(c2)OCO3)N(C)C)c1. The number of benzene rings is 2. The quantitative estimate of drug-likeness (QED) is 0.774. The van der Waals surface area contributed by atoms with Crippen molar-refractivity contribution in [3.63, 3.8) is 0 Å². The lowest BCUT2D eigenvalue weighted by atomic mass is 10.1. The van der Waals surface area contributed by atoms with Gasteiger partial charge in [-0.25, -0.2) is 0 Å². The van der Waals surface area contributed by atoms with E-state index in [4.69, 9.17) is 14.2 Å². The summed E-state index contributed by atoms with van der Waals surface area (Å²) in [5.74, 6) is 2.35. The molecule has 0 bridgehead atoms. The second-order valence-electron chi connectivity index (χ2n) is 6.75. The zero-order chi connectivity index (χ0) is 19.2. The number of carbonyl (C=O) groups is 1. The highest BCUT2D eigenvalue weighted by Gasteiger charge is 2.17. The zero-order valence-electron chi connectivity index (χ0n) is 16.0. The van der Waals surface area contributed by atoms with Gasteiger partial charge in [0.15, 0.2) is 11.5 Å². The molecule has 0 aliphatic carbocycles. The molecule has 0 unspecified atom stereocenters. The monoisotopic (exact) mass is 370 g/mol. The van der Waals surface area contributed by atoms with E-state index in [2.05, 4.69) is 10.2 Å². The number of carbonyl (C=O) groups excluding carboxylic acids is 1. The smallest absolute Gasteiger partial charge is 0.231 e. The Balaban J connectivity index is 1.53. The predicted molar refractivity (Wildman–Crippen MR) is 103 cm³/mol. The molecular weight excluding hydrogens is 344 g/mol. The van der Waals surface area contributed by atoms with Gasteiger partial charge in [-0.3, -0.25) is 4.79 Å². The minimum absolute atomic E-state index is 0.0300. The molecule has 27 heavy (non-hydrogen) atoms. The number of nitrogens with zero attached hydrogens (tertiary/aromatic N) is 1. The number of hydrogen-bond donors (Lipinski definition) is 1. The van der Waals surface area contributed by atoms with Crippen LogP contribution in [-0.2, 0) is 11.2 Å². The van der Waals surface area contributed by atoms with Crippen LogP contribution >= 0.6 is 0 Å². The topological polar surface area (TPSA) is 60.0 Å². The Morgan fingerprint density at radius 1 is 1.19 bits per heavy atom. The van der Waals surface area contributed by atoms with Crippen LogP contribution in [0.4, 0.5) is 0 Å². The molecule has 6 nitrogen and oxygen atoms in total. The highest BCUT2D eigenvalue weighted by atomic mass is 16.7. The van der Waals surface area contributed by atoms with Crippen molar-refractivity contribution in [2.24, 2.45) is 0 Å². The number of rotatable bonds is 8. The molecule has 144 valence electrons. The first kappa shape index (κ1) is 19.0. The van der Waals surface area contributed by atoms with Gasteiger partial charge in [0.1, 0.15) is 5.75 Å². The summed E-state index contributed by atoms with van der Waals surface area (Å²) in [4.78, 5) is 14.4. The van der Waals surface area contributed by atoms with E-state index >= 15 is 0 Å². The van der Waals surface area contributed by atoms with Gasteiger partial charge in [-0.05, 0) is 55.9 Å². The van der Waals surface area contributed by atoms with Gasteiger partial charge in [0.05, 0.1) is 13.2 Å². The number of methoxy groups -OCH3 is 1. The maximum atomic E-state index is 12.3. The lowest BCUT2D eigenvalue weighted by Gasteiger charge is -2.25. The third-order valence-corrected chi connectivity index (χ3v) is 4.67. The molecule has 1 atom stereocenters. The minimum Gasteiger partial charge on any atom is -0.497 e. The molecule has 1 amide bonds. The second kappa shape index (κ2) is 8.77. The lowest BCUT2D eigenvalue weighted by Crippen LogP contribution is -2.34. The van der Waals surface area contributed by atoms with Gasteiger partial charge in [-0.1, -0.05) is 18.2 Å². The van der Waals surface area contributed by atoms with Gasteiger partial charge in [0.25, 0.3) is 0 Å². The van der Waals surface area contributed by atoms with Crippen LogP contribution in [0.3, 0.4) is 0 Å². The molecule has 2 aromatic carbocycles. The van der Waals surface area contributed by atoms with Crippen molar-refractivity contribution < 1.29 is 19.0 Å². The molecule has 3 rings (SSSR count). The van der Waals surface area contributed by atoms with E-state index in [1.54, 1.807) is 7.11 Å². The Bertz CT molecular complexity index is 792. The molecule has 0 aromatic heterocycles. The zero-order valence-corrected chi connectivity index (χ0v) is 16.0. The number of fused-ring (bicyclic) bond motifs is 1. The summed E-state index contributed by atoms with van der Waals surface area (Å²) >= 11 is 0. The van der Waals surface area contributed by atoms with Gasteiger partial charge >= 0.3 is 0 Å². The van der Waals surface area contributed by atoms with E-state index in [1.165, 1.54) is 0 Å². The first-order chi connectivity index (χ1) is 13.1. The van der Waals surface area contributed by atoms with Crippen LogP contribution in [0, 0.1) is 0 Å². The van der Waals surface area contributed by atoms with Gasteiger partial charge < -0.3 is 24.4 Å². The molecule has 1 aliphatic heterocycles. The molecular formula is C21H26N2O4. The lowest BCUT2D eigenvalue weighted by molar-refractivity contribution is -0.121. The fourth-order valence-corrected chi connectivity index (χ4v) is 3.10. The van der Waals surface area contributed by atoms with Crippen molar-refractivity contribution >= 4 is 5.91 Å². The van der Waals surface area contributed by atoms with Crippen LogP contribution in [0.5, 0.6) is 17.2 Å². The molecule has 1 N–H and O–H groups in total. The van der Waals surface area contributed by atoms with Crippen LogP contribution in [0.1, 0.15) is 23.6 Å². The van der Waals surface area contributed by atoms with Crippen molar-refractivity contribution in [3.05, 3.63) is 53.6 Å². The Morgan fingerprint density at radius 2 is 2.00 bits per heavy atom.